The highest BCUT2D eigenvalue weighted by atomic mass is 32.2. The Morgan fingerprint density at radius 1 is 1.15 bits per heavy atom. The molecule has 2 heterocycles. The molecule has 0 spiro atoms. The van der Waals surface area contributed by atoms with Gasteiger partial charge in [0.25, 0.3) is 0 Å². The number of nitrogens with zero attached hydrogens (tertiary/aromatic N) is 1. The molecule has 1 aromatic carbocycles. The lowest BCUT2D eigenvalue weighted by Gasteiger charge is -2.51. The van der Waals surface area contributed by atoms with Gasteiger partial charge in [0.05, 0.1) is 21.3 Å². The van der Waals surface area contributed by atoms with Gasteiger partial charge in [-0.05, 0) is 73.0 Å². The predicted molar refractivity (Wildman–Crippen MR) is 114 cm³/mol. The van der Waals surface area contributed by atoms with Crippen molar-refractivity contribution in [3.05, 3.63) is 23.3 Å². The van der Waals surface area contributed by atoms with E-state index in [-0.39, 0.29) is 0 Å². The molecule has 1 saturated heterocycles. The van der Waals surface area contributed by atoms with Crippen LogP contribution in [0.3, 0.4) is 0 Å². The molecule has 1 aliphatic carbocycles. The molecule has 4 atom stereocenters. The summed E-state index contributed by atoms with van der Waals surface area (Å²) in [7, 11) is 5.13. The fourth-order valence-electron chi connectivity index (χ4n) is 5.34. The second-order valence-electron chi connectivity index (χ2n) is 7.87. The van der Waals surface area contributed by atoms with Gasteiger partial charge in [-0.15, -0.1) is 0 Å². The van der Waals surface area contributed by atoms with Gasteiger partial charge in [-0.1, -0.05) is 18.2 Å². The standard InChI is InChI=1S/C21H29NO3S2/c1-23-18-9-13-7-8-22-12-14-5-4-6-20(27-21(26)25-3)16(14)10-17(22)15(13)11-19(18)24-2/h9,11,14,16-17,20H,4-8,10,12H2,1-3H3/t14-,16+,17?,20-/m1/s1. The van der Waals surface area contributed by atoms with E-state index >= 15 is 0 Å². The molecule has 1 unspecified atom stereocenters. The van der Waals surface area contributed by atoms with Crippen molar-refractivity contribution in [3.8, 4) is 11.5 Å². The van der Waals surface area contributed by atoms with E-state index in [2.05, 4.69) is 17.0 Å². The second-order valence-corrected chi connectivity index (χ2v) is 9.71. The minimum absolute atomic E-state index is 0.479. The number of fused-ring (bicyclic) bond motifs is 4. The Morgan fingerprint density at radius 3 is 2.67 bits per heavy atom. The maximum absolute atomic E-state index is 5.60. The molecule has 0 amide bonds. The number of ether oxygens (including phenoxy) is 3. The molecular formula is C21H29NO3S2. The maximum Gasteiger partial charge on any atom is 0.219 e. The molecule has 4 rings (SSSR count). The summed E-state index contributed by atoms with van der Waals surface area (Å²) in [6, 6.07) is 4.88. The third-order valence-corrected chi connectivity index (χ3v) is 8.34. The molecule has 3 aliphatic rings. The molecular weight excluding hydrogens is 378 g/mol. The fraction of sp³-hybridized carbons (Fsp3) is 0.667. The Labute approximate surface area is 171 Å². The van der Waals surface area contributed by atoms with Crippen molar-refractivity contribution in [1.82, 2.24) is 4.90 Å². The molecule has 0 bridgehead atoms. The zero-order valence-corrected chi connectivity index (χ0v) is 18.0. The second kappa shape index (κ2) is 8.18. The van der Waals surface area contributed by atoms with Gasteiger partial charge in [-0.3, -0.25) is 4.90 Å². The minimum Gasteiger partial charge on any atom is -0.493 e. The first-order valence-electron chi connectivity index (χ1n) is 9.88. The zero-order chi connectivity index (χ0) is 19.0. The molecule has 0 aromatic heterocycles. The van der Waals surface area contributed by atoms with Crippen molar-refractivity contribution in [2.75, 3.05) is 34.4 Å². The van der Waals surface area contributed by atoms with Gasteiger partial charge in [0.2, 0.25) is 4.38 Å². The van der Waals surface area contributed by atoms with Crippen LogP contribution in [0, 0.1) is 11.8 Å². The molecule has 2 aliphatic heterocycles. The van der Waals surface area contributed by atoms with E-state index in [4.69, 9.17) is 26.4 Å². The highest BCUT2D eigenvalue weighted by Gasteiger charge is 2.44. The summed E-state index contributed by atoms with van der Waals surface area (Å²) in [5.74, 6) is 3.18. The number of hydrogen-bond donors (Lipinski definition) is 0. The van der Waals surface area contributed by atoms with E-state index in [1.165, 1.54) is 43.4 Å². The molecule has 27 heavy (non-hydrogen) atoms. The van der Waals surface area contributed by atoms with Crippen LogP contribution in [0.5, 0.6) is 11.5 Å². The molecule has 1 saturated carbocycles. The molecule has 4 nitrogen and oxygen atoms in total. The lowest BCUT2D eigenvalue weighted by Crippen LogP contribution is -2.49. The molecule has 6 heteroatoms. The number of thioether (sulfide) groups is 1. The lowest BCUT2D eigenvalue weighted by molar-refractivity contribution is 0.0353. The average Bonchev–Trinajstić information content (AvgIpc) is 2.71. The predicted octanol–water partition coefficient (Wildman–Crippen LogP) is 4.46. The van der Waals surface area contributed by atoms with Crippen molar-refractivity contribution >= 4 is 28.4 Å². The first-order valence-corrected chi connectivity index (χ1v) is 11.2. The molecule has 1 aromatic rings. The van der Waals surface area contributed by atoms with Gasteiger partial charge >= 0.3 is 0 Å². The van der Waals surface area contributed by atoms with Gasteiger partial charge in [-0.25, -0.2) is 0 Å². The van der Waals surface area contributed by atoms with Gasteiger partial charge < -0.3 is 14.2 Å². The highest BCUT2D eigenvalue weighted by Crippen LogP contribution is 2.50. The Kier molecular flexibility index (Phi) is 5.86. The van der Waals surface area contributed by atoms with Crippen LogP contribution in [0.1, 0.15) is 42.9 Å². The van der Waals surface area contributed by atoms with Gasteiger partial charge in [0.15, 0.2) is 11.5 Å². The van der Waals surface area contributed by atoms with Gasteiger partial charge in [0, 0.05) is 24.4 Å². The largest absolute Gasteiger partial charge is 0.493 e. The summed E-state index contributed by atoms with van der Waals surface area (Å²) in [5, 5.41) is 0.587. The van der Waals surface area contributed by atoms with Crippen molar-refractivity contribution in [1.29, 1.82) is 0 Å². The Morgan fingerprint density at radius 2 is 1.93 bits per heavy atom. The summed E-state index contributed by atoms with van der Waals surface area (Å²) in [6.45, 7) is 2.35. The Bertz CT molecular complexity index is 711. The van der Waals surface area contributed by atoms with Crippen LogP contribution in [0.25, 0.3) is 0 Å². The summed E-state index contributed by atoms with van der Waals surface area (Å²) in [5.41, 5.74) is 2.85. The smallest absolute Gasteiger partial charge is 0.219 e. The minimum atomic E-state index is 0.479. The summed E-state index contributed by atoms with van der Waals surface area (Å²) < 4.78 is 17.1. The van der Waals surface area contributed by atoms with Crippen LogP contribution in [-0.2, 0) is 11.2 Å². The number of hydrogen-bond acceptors (Lipinski definition) is 6. The normalized spacial score (nSPS) is 29.9. The van der Waals surface area contributed by atoms with Crippen LogP contribution >= 0.6 is 24.0 Å². The van der Waals surface area contributed by atoms with E-state index in [1.807, 2.05) is 0 Å². The number of methoxy groups -OCH3 is 3. The van der Waals surface area contributed by atoms with Gasteiger partial charge in [-0.2, -0.15) is 0 Å². The monoisotopic (exact) mass is 407 g/mol. The van der Waals surface area contributed by atoms with Crippen molar-refractivity contribution in [2.24, 2.45) is 11.8 Å². The molecule has 0 radical (unpaired) electrons. The van der Waals surface area contributed by atoms with Crippen LogP contribution in [0.4, 0.5) is 0 Å². The quantitative estimate of drug-likeness (QED) is 0.688. The van der Waals surface area contributed by atoms with Crippen molar-refractivity contribution < 1.29 is 14.2 Å². The number of thiocarbonyl (C=S) groups is 1. The van der Waals surface area contributed by atoms with E-state index in [1.54, 1.807) is 33.1 Å². The van der Waals surface area contributed by atoms with Crippen LogP contribution in [-0.4, -0.2) is 49.0 Å². The topological polar surface area (TPSA) is 30.9 Å². The van der Waals surface area contributed by atoms with Crippen LogP contribution in [0.15, 0.2) is 12.1 Å². The summed E-state index contributed by atoms with van der Waals surface area (Å²) in [4.78, 5) is 2.71. The Balaban J connectivity index is 1.62. The first kappa shape index (κ1) is 19.3. The highest BCUT2D eigenvalue weighted by molar-refractivity contribution is 8.23. The zero-order valence-electron chi connectivity index (χ0n) is 16.4. The van der Waals surface area contributed by atoms with Crippen molar-refractivity contribution in [3.63, 3.8) is 0 Å². The number of benzene rings is 1. The molecule has 2 fully saturated rings. The van der Waals surface area contributed by atoms with Crippen molar-refractivity contribution in [2.45, 2.75) is 43.4 Å². The van der Waals surface area contributed by atoms with Crippen LogP contribution < -0.4 is 9.47 Å². The van der Waals surface area contributed by atoms with E-state index < -0.39 is 0 Å². The average molecular weight is 408 g/mol. The maximum atomic E-state index is 5.60. The number of rotatable bonds is 3. The third kappa shape index (κ3) is 3.68. The molecule has 148 valence electrons. The summed E-state index contributed by atoms with van der Waals surface area (Å²) in [6.07, 6.45) is 6.21. The van der Waals surface area contributed by atoms with Crippen LogP contribution in [0.2, 0.25) is 0 Å². The Hall–Kier alpha value is -0.980. The van der Waals surface area contributed by atoms with E-state index in [9.17, 15) is 0 Å². The lowest BCUT2D eigenvalue weighted by atomic mass is 9.70. The summed E-state index contributed by atoms with van der Waals surface area (Å²) >= 11 is 7.15. The SMILES string of the molecule is COC(=S)S[C@@H]1CCC[C@@H]2CN3CCc4cc(OC)c(OC)cc4C3C[C@@H]21. The van der Waals surface area contributed by atoms with E-state index in [0.29, 0.717) is 21.6 Å². The van der Waals surface area contributed by atoms with Gasteiger partial charge in [0.1, 0.15) is 0 Å². The fourth-order valence-corrected chi connectivity index (χ4v) is 6.84. The first-order chi connectivity index (χ1) is 13.1. The van der Waals surface area contributed by atoms with E-state index in [0.717, 1.165) is 30.4 Å². The molecule has 0 N–H and O–H groups in total. The third-order valence-electron chi connectivity index (χ3n) is 6.64. The number of piperidine rings is 1.